The smallest absolute Gasteiger partial charge is 0.313 e. The van der Waals surface area contributed by atoms with Crippen LogP contribution in [0.1, 0.15) is 25.7 Å². The molecule has 0 bridgehead atoms. The van der Waals surface area contributed by atoms with Crippen molar-refractivity contribution in [3.05, 3.63) is 30.1 Å². The normalized spacial score (nSPS) is 22.2. The molecule has 1 saturated carbocycles. The topological polar surface area (TPSA) is 76.7 Å². The third kappa shape index (κ3) is 3.68. The van der Waals surface area contributed by atoms with Crippen LogP contribution in [0.25, 0.3) is 0 Å². The van der Waals surface area contributed by atoms with E-state index in [1.165, 1.54) is 18.2 Å². The Labute approximate surface area is 133 Å². The summed E-state index contributed by atoms with van der Waals surface area (Å²) < 4.78 is 25.0. The van der Waals surface area contributed by atoms with Gasteiger partial charge < -0.3 is 20.1 Å². The Balaban J connectivity index is 1.46. The second-order valence-corrected chi connectivity index (χ2v) is 5.81. The SMILES string of the molecule is O=C(NC[C@@H]1COC2(CCCC2)O1)C(=O)Nc1ccccc1F. The number of amides is 2. The maximum absolute atomic E-state index is 13.4. The van der Waals surface area contributed by atoms with E-state index < -0.39 is 23.4 Å². The van der Waals surface area contributed by atoms with Crippen molar-refractivity contribution >= 4 is 17.5 Å². The average molecular weight is 322 g/mol. The molecule has 2 aliphatic rings. The molecule has 1 aromatic carbocycles. The molecule has 124 valence electrons. The molecular formula is C16H19FN2O4. The first kappa shape index (κ1) is 15.9. The van der Waals surface area contributed by atoms with Gasteiger partial charge in [-0.05, 0) is 25.0 Å². The molecule has 0 unspecified atom stereocenters. The molecule has 1 aliphatic carbocycles. The molecule has 3 rings (SSSR count). The van der Waals surface area contributed by atoms with Crippen LogP contribution in [0.15, 0.2) is 24.3 Å². The maximum Gasteiger partial charge on any atom is 0.313 e. The number of anilines is 1. The van der Waals surface area contributed by atoms with E-state index in [1.54, 1.807) is 6.07 Å². The van der Waals surface area contributed by atoms with Gasteiger partial charge in [0.1, 0.15) is 11.9 Å². The number of benzene rings is 1. The quantitative estimate of drug-likeness (QED) is 0.828. The van der Waals surface area contributed by atoms with Gasteiger partial charge in [0.15, 0.2) is 5.79 Å². The van der Waals surface area contributed by atoms with Crippen LogP contribution in [0, 0.1) is 5.82 Å². The third-order valence-corrected chi connectivity index (χ3v) is 4.10. The van der Waals surface area contributed by atoms with Crippen molar-refractivity contribution in [2.75, 3.05) is 18.5 Å². The average Bonchev–Trinajstić information content (AvgIpc) is 3.17. The molecule has 23 heavy (non-hydrogen) atoms. The van der Waals surface area contributed by atoms with Crippen LogP contribution in [-0.2, 0) is 19.1 Å². The molecule has 2 fully saturated rings. The lowest BCUT2D eigenvalue weighted by Crippen LogP contribution is -2.40. The number of ether oxygens (including phenoxy) is 2. The van der Waals surface area contributed by atoms with Crippen LogP contribution in [-0.4, -0.2) is 36.9 Å². The Bertz CT molecular complexity index is 601. The van der Waals surface area contributed by atoms with Crippen molar-refractivity contribution in [3.63, 3.8) is 0 Å². The molecule has 1 saturated heterocycles. The summed E-state index contributed by atoms with van der Waals surface area (Å²) in [6, 6.07) is 5.67. The first-order valence-corrected chi connectivity index (χ1v) is 7.73. The van der Waals surface area contributed by atoms with Crippen LogP contribution in [0.4, 0.5) is 10.1 Å². The second kappa shape index (κ2) is 6.64. The molecule has 2 amide bonds. The van der Waals surface area contributed by atoms with Gasteiger partial charge in [0.05, 0.1) is 12.3 Å². The molecule has 1 heterocycles. The van der Waals surface area contributed by atoms with Crippen LogP contribution in [0.2, 0.25) is 0 Å². The van der Waals surface area contributed by atoms with E-state index in [0.717, 1.165) is 25.7 Å². The van der Waals surface area contributed by atoms with E-state index in [4.69, 9.17) is 9.47 Å². The van der Waals surface area contributed by atoms with E-state index in [2.05, 4.69) is 10.6 Å². The van der Waals surface area contributed by atoms with Crippen LogP contribution in [0.3, 0.4) is 0 Å². The number of carbonyl (C=O) groups is 2. The Morgan fingerprint density at radius 1 is 1.22 bits per heavy atom. The third-order valence-electron chi connectivity index (χ3n) is 4.10. The van der Waals surface area contributed by atoms with Crippen molar-refractivity contribution in [2.24, 2.45) is 0 Å². The van der Waals surface area contributed by atoms with Gasteiger partial charge in [-0.25, -0.2) is 4.39 Å². The van der Waals surface area contributed by atoms with Crippen LogP contribution < -0.4 is 10.6 Å². The zero-order valence-corrected chi connectivity index (χ0v) is 12.6. The van der Waals surface area contributed by atoms with Gasteiger partial charge in [-0.1, -0.05) is 12.1 Å². The Morgan fingerprint density at radius 3 is 2.70 bits per heavy atom. The zero-order chi connectivity index (χ0) is 16.3. The number of nitrogens with one attached hydrogen (secondary N) is 2. The van der Waals surface area contributed by atoms with Crippen molar-refractivity contribution in [1.29, 1.82) is 0 Å². The molecule has 7 heteroatoms. The minimum absolute atomic E-state index is 0.0296. The van der Waals surface area contributed by atoms with E-state index in [0.29, 0.717) is 6.61 Å². The lowest BCUT2D eigenvalue weighted by molar-refractivity contribution is -0.161. The van der Waals surface area contributed by atoms with Gasteiger partial charge in [0.2, 0.25) is 0 Å². The summed E-state index contributed by atoms with van der Waals surface area (Å²) in [6.07, 6.45) is 3.61. The Hall–Kier alpha value is -1.99. The van der Waals surface area contributed by atoms with E-state index >= 15 is 0 Å². The fourth-order valence-electron chi connectivity index (χ4n) is 2.92. The number of hydrogen-bond donors (Lipinski definition) is 2. The lowest BCUT2D eigenvalue weighted by atomic mass is 10.2. The van der Waals surface area contributed by atoms with Gasteiger partial charge in [-0.3, -0.25) is 9.59 Å². The predicted octanol–water partition coefficient (Wildman–Crippen LogP) is 1.57. The van der Waals surface area contributed by atoms with Gasteiger partial charge >= 0.3 is 11.8 Å². The van der Waals surface area contributed by atoms with Gasteiger partial charge in [0, 0.05) is 19.4 Å². The summed E-state index contributed by atoms with van der Waals surface area (Å²) >= 11 is 0. The highest BCUT2D eigenvalue weighted by molar-refractivity contribution is 6.39. The number of para-hydroxylation sites is 1. The highest BCUT2D eigenvalue weighted by Gasteiger charge is 2.43. The summed E-state index contributed by atoms with van der Waals surface area (Å²) in [6.45, 7) is 0.584. The lowest BCUT2D eigenvalue weighted by Gasteiger charge is -2.21. The first-order chi connectivity index (χ1) is 11.1. The largest absolute Gasteiger partial charge is 0.347 e. The molecule has 0 radical (unpaired) electrons. The summed E-state index contributed by atoms with van der Waals surface area (Å²) in [5.41, 5.74) is -0.0296. The molecule has 0 aromatic heterocycles. The fourth-order valence-corrected chi connectivity index (χ4v) is 2.92. The highest BCUT2D eigenvalue weighted by Crippen LogP contribution is 2.38. The number of hydrogen-bond acceptors (Lipinski definition) is 4. The van der Waals surface area contributed by atoms with Gasteiger partial charge in [0.25, 0.3) is 0 Å². The highest BCUT2D eigenvalue weighted by atomic mass is 19.1. The fraction of sp³-hybridized carbons (Fsp3) is 0.500. The monoisotopic (exact) mass is 322 g/mol. The Kier molecular flexibility index (Phi) is 4.58. The Morgan fingerprint density at radius 2 is 1.96 bits per heavy atom. The molecule has 1 aliphatic heterocycles. The summed E-state index contributed by atoms with van der Waals surface area (Å²) in [4.78, 5) is 23.5. The minimum atomic E-state index is -0.912. The number of rotatable bonds is 3. The van der Waals surface area contributed by atoms with E-state index in [-0.39, 0.29) is 18.3 Å². The predicted molar refractivity (Wildman–Crippen MR) is 80.1 cm³/mol. The maximum atomic E-state index is 13.4. The summed E-state index contributed by atoms with van der Waals surface area (Å²) in [5, 5.41) is 4.73. The van der Waals surface area contributed by atoms with Crippen molar-refractivity contribution in [2.45, 2.75) is 37.6 Å². The molecule has 1 spiro atoms. The van der Waals surface area contributed by atoms with E-state index in [1.807, 2.05) is 0 Å². The van der Waals surface area contributed by atoms with Gasteiger partial charge in [-0.2, -0.15) is 0 Å². The number of carbonyl (C=O) groups excluding carboxylic acids is 2. The first-order valence-electron chi connectivity index (χ1n) is 7.73. The zero-order valence-electron chi connectivity index (χ0n) is 12.6. The van der Waals surface area contributed by atoms with Gasteiger partial charge in [-0.15, -0.1) is 0 Å². The minimum Gasteiger partial charge on any atom is -0.347 e. The number of halogens is 1. The molecular weight excluding hydrogens is 303 g/mol. The van der Waals surface area contributed by atoms with Crippen molar-refractivity contribution in [3.8, 4) is 0 Å². The molecule has 1 aromatic rings. The van der Waals surface area contributed by atoms with Crippen LogP contribution in [0.5, 0.6) is 0 Å². The summed E-state index contributed by atoms with van der Waals surface area (Å²) in [5.74, 6) is -2.83. The van der Waals surface area contributed by atoms with Crippen molar-refractivity contribution in [1.82, 2.24) is 5.32 Å². The molecule has 2 N–H and O–H groups in total. The summed E-state index contributed by atoms with van der Waals surface area (Å²) in [7, 11) is 0. The van der Waals surface area contributed by atoms with Crippen molar-refractivity contribution < 1.29 is 23.5 Å². The molecule has 6 nitrogen and oxygen atoms in total. The van der Waals surface area contributed by atoms with Crippen LogP contribution >= 0.6 is 0 Å². The molecule has 1 atom stereocenters. The van der Waals surface area contributed by atoms with E-state index in [9.17, 15) is 14.0 Å². The standard InChI is InChI=1S/C16H19FN2O4/c17-12-5-1-2-6-13(12)19-15(21)14(20)18-9-11-10-22-16(23-11)7-3-4-8-16/h1-2,5-6,11H,3-4,7-10H2,(H,18,20)(H,19,21)/t11-/m1/s1. The second-order valence-electron chi connectivity index (χ2n) is 5.81.